The number of aromatic amines is 1. The summed E-state index contributed by atoms with van der Waals surface area (Å²) < 4.78 is 5.91. The van der Waals surface area contributed by atoms with E-state index in [0.29, 0.717) is 17.1 Å². The van der Waals surface area contributed by atoms with Crippen LogP contribution in [0.5, 0.6) is 5.75 Å². The zero-order valence-corrected chi connectivity index (χ0v) is 11.1. The maximum atomic E-state index is 11.8. The molecule has 0 atom stereocenters. The molecule has 0 aliphatic rings. The number of nitrogen functional groups attached to an aromatic ring is 1. The first-order chi connectivity index (χ1) is 8.58. The number of anilines is 2. The van der Waals surface area contributed by atoms with Gasteiger partial charge in [-0.1, -0.05) is 15.9 Å². The van der Waals surface area contributed by atoms with Crippen LogP contribution in [0.15, 0.2) is 28.7 Å². The third-order valence-electron chi connectivity index (χ3n) is 2.21. The van der Waals surface area contributed by atoms with Crippen LogP contribution in [0.2, 0.25) is 0 Å². The van der Waals surface area contributed by atoms with Gasteiger partial charge in [-0.3, -0.25) is 9.89 Å². The van der Waals surface area contributed by atoms with Gasteiger partial charge in [-0.15, -0.1) is 0 Å². The van der Waals surface area contributed by atoms with Crippen molar-refractivity contribution in [3.05, 3.63) is 34.4 Å². The van der Waals surface area contributed by atoms with Crippen molar-refractivity contribution in [2.24, 2.45) is 0 Å². The van der Waals surface area contributed by atoms with Crippen molar-refractivity contribution in [1.29, 1.82) is 0 Å². The van der Waals surface area contributed by atoms with E-state index in [1.807, 2.05) is 0 Å². The first-order valence-corrected chi connectivity index (χ1v) is 5.84. The number of carbonyl (C=O) groups is 1. The molecule has 0 aliphatic heterocycles. The number of carbonyl (C=O) groups excluding carboxylic acids is 1. The Morgan fingerprint density at radius 2 is 2.22 bits per heavy atom. The van der Waals surface area contributed by atoms with Crippen molar-refractivity contribution in [3.8, 4) is 5.75 Å². The van der Waals surface area contributed by atoms with Crippen LogP contribution >= 0.6 is 15.9 Å². The molecule has 4 N–H and O–H groups in total. The van der Waals surface area contributed by atoms with Gasteiger partial charge in [-0.05, 0) is 12.1 Å². The number of methoxy groups -OCH3 is 1. The van der Waals surface area contributed by atoms with Crippen molar-refractivity contribution in [3.63, 3.8) is 0 Å². The molecule has 2 aromatic rings. The minimum atomic E-state index is -0.320. The molecule has 1 amide bonds. The van der Waals surface area contributed by atoms with Gasteiger partial charge in [-0.25, -0.2) is 0 Å². The number of nitrogens with one attached hydrogen (secondary N) is 2. The van der Waals surface area contributed by atoms with E-state index in [4.69, 9.17) is 10.5 Å². The topological polar surface area (TPSA) is 93.0 Å². The molecule has 0 saturated carbocycles. The number of rotatable bonds is 3. The van der Waals surface area contributed by atoms with Gasteiger partial charge >= 0.3 is 0 Å². The summed E-state index contributed by atoms with van der Waals surface area (Å²) in [5, 5.41) is 8.94. The average Bonchev–Trinajstić information content (AvgIpc) is 2.75. The highest BCUT2D eigenvalue weighted by Crippen LogP contribution is 2.24. The van der Waals surface area contributed by atoms with Crippen molar-refractivity contribution in [1.82, 2.24) is 10.2 Å². The van der Waals surface area contributed by atoms with Crippen LogP contribution in [0.4, 0.5) is 11.5 Å². The van der Waals surface area contributed by atoms with Crippen LogP contribution in [0.3, 0.4) is 0 Å². The third kappa shape index (κ3) is 2.80. The van der Waals surface area contributed by atoms with Gasteiger partial charge in [0.05, 0.1) is 7.11 Å². The molecule has 0 aliphatic carbocycles. The first kappa shape index (κ1) is 12.4. The Morgan fingerprint density at radius 1 is 1.44 bits per heavy atom. The summed E-state index contributed by atoms with van der Waals surface area (Å²) >= 11 is 3.33. The number of ether oxygens (including phenoxy) is 1. The van der Waals surface area contributed by atoms with Gasteiger partial charge in [0.25, 0.3) is 5.91 Å². The number of hydrogen-bond acceptors (Lipinski definition) is 4. The molecule has 6 nitrogen and oxygen atoms in total. The van der Waals surface area contributed by atoms with Gasteiger partial charge in [-0.2, -0.15) is 5.10 Å². The van der Waals surface area contributed by atoms with Gasteiger partial charge in [0.1, 0.15) is 17.3 Å². The summed E-state index contributed by atoms with van der Waals surface area (Å²) in [4.78, 5) is 11.8. The smallest absolute Gasteiger partial charge is 0.273 e. The maximum Gasteiger partial charge on any atom is 0.273 e. The molecule has 7 heteroatoms. The number of halogens is 1. The van der Waals surface area contributed by atoms with E-state index < -0.39 is 0 Å². The molecule has 0 saturated heterocycles. The summed E-state index contributed by atoms with van der Waals surface area (Å²) in [5.41, 5.74) is 6.34. The van der Waals surface area contributed by atoms with Crippen molar-refractivity contribution in [2.75, 3.05) is 18.2 Å². The van der Waals surface area contributed by atoms with Gasteiger partial charge in [0.2, 0.25) is 0 Å². The number of amides is 1. The molecule has 0 fully saturated rings. The number of aromatic nitrogens is 2. The standard InChI is InChI=1S/C11H11BrN4O2/c1-18-8-3-6(12)2-7(4-8)14-11(17)9-5-10(13)16-15-9/h2-5H,1H3,(H,14,17)(H3,13,15,16). The van der Waals surface area contributed by atoms with Gasteiger partial charge in [0.15, 0.2) is 0 Å². The summed E-state index contributed by atoms with van der Waals surface area (Å²) in [6.45, 7) is 0. The zero-order valence-electron chi connectivity index (χ0n) is 9.53. The van der Waals surface area contributed by atoms with Crippen molar-refractivity contribution >= 4 is 33.3 Å². The van der Waals surface area contributed by atoms with Gasteiger partial charge in [0, 0.05) is 22.3 Å². The Morgan fingerprint density at radius 3 is 2.83 bits per heavy atom. The highest BCUT2D eigenvalue weighted by atomic mass is 79.9. The van der Waals surface area contributed by atoms with Crippen LogP contribution in [0.1, 0.15) is 10.5 Å². The largest absolute Gasteiger partial charge is 0.497 e. The summed E-state index contributed by atoms with van der Waals surface area (Å²) in [5.74, 6) is 0.593. The predicted octanol–water partition coefficient (Wildman–Crippen LogP) is 2.02. The fourth-order valence-corrected chi connectivity index (χ4v) is 1.88. The second kappa shape index (κ2) is 5.09. The number of hydrogen-bond donors (Lipinski definition) is 3. The monoisotopic (exact) mass is 310 g/mol. The molecule has 2 rings (SSSR count). The highest BCUT2D eigenvalue weighted by molar-refractivity contribution is 9.10. The third-order valence-corrected chi connectivity index (χ3v) is 2.67. The van der Waals surface area contributed by atoms with E-state index in [2.05, 4.69) is 31.4 Å². The van der Waals surface area contributed by atoms with E-state index in [9.17, 15) is 4.79 Å². The fraction of sp³-hybridized carbons (Fsp3) is 0.0909. The lowest BCUT2D eigenvalue weighted by Gasteiger charge is -2.07. The summed E-state index contributed by atoms with van der Waals surface area (Å²) in [7, 11) is 1.56. The SMILES string of the molecule is COc1cc(Br)cc(NC(=O)c2cc(N)n[nH]2)c1. The van der Waals surface area contributed by atoms with E-state index in [0.717, 1.165) is 4.47 Å². The van der Waals surface area contributed by atoms with E-state index in [1.54, 1.807) is 25.3 Å². The van der Waals surface area contributed by atoms with Crippen LogP contribution < -0.4 is 15.8 Å². The van der Waals surface area contributed by atoms with Crippen LogP contribution in [0.25, 0.3) is 0 Å². The molecule has 0 unspecified atom stereocenters. The molecule has 1 heterocycles. The van der Waals surface area contributed by atoms with Crippen molar-refractivity contribution in [2.45, 2.75) is 0 Å². The minimum Gasteiger partial charge on any atom is -0.497 e. The molecule has 0 bridgehead atoms. The molecule has 1 aromatic carbocycles. The summed E-state index contributed by atoms with van der Waals surface area (Å²) in [6, 6.07) is 6.73. The molecule has 18 heavy (non-hydrogen) atoms. The molecule has 1 aromatic heterocycles. The van der Waals surface area contributed by atoms with Crippen LogP contribution in [-0.4, -0.2) is 23.2 Å². The lowest BCUT2D eigenvalue weighted by atomic mass is 10.3. The number of H-pyrrole nitrogens is 1. The lowest BCUT2D eigenvalue weighted by Crippen LogP contribution is -2.12. The zero-order chi connectivity index (χ0) is 13.1. The molecule has 0 radical (unpaired) electrons. The quantitative estimate of drug-likeness (QED) is 0.808. The van der Waals surface area contributed by atoms with Crippen LogP contribution in [0, 0.1) is 0 Å². The minimum absolute atomic E-state index is 0.270. The fourth-order valence-electron chi connectivity index (χ4n) is 1.40. The molecular weight excluding hydrogens is 300 g/mol. The number of nitrogens with zero attached hydrogens (tertiary/aromatic N) is 1. The van der Waals surface area contributed by atoms with E-state index in [1.165, 1.54) is 6.07 Å². The highest BCUT2D eigenvalue weighted by Gasteiger charge is 2.10. The second-order valence-corrected chi connectivity index (χ2v) is 4.46. The van der Waals surface area contributed by atoms with Crippen molar-refractivity contribution < 1.29 is 9.53 Å². The first-order valence-electron chi connectivity index (χ1n) is 5.05. The van der Waals surface area contributed by atoms with E-state index >= 15 is 0 Å². The molecular formula is C11H11BrN4O2. The molecule has 94 valence electrons. The second-order valence-electron chi connectivity index (χ2n) is 3.54. The Kier molecular flexibility index (Phi) is 3.52. The Labute approximate surface area is 112 Å². The Balaban J connectivity index is 2.18. The normalized spacial score (nSPS) is 10.1. The summed E-state index contributed by atoms with van der Waals surface area (Å²) in [6.07, 6.45) is 0. The Hall–Kier alpha value is -2.02. The molecule has 0 spiro atoms. The van der Waals surface area contributed by atoms with Crippen LogP contribution in [-0.2, 0) is 0 Å². The Bertz CT molecular complexity index is 582. The maximum absolute atomic E-state index is 11.8. The number of benzene rings is 1. The number of nitrogens with two attached hydrogens (primary N) is 1. The predicted molar refractivity (Wildman–Crippen MR) is 71.6 cm³/mol. The van der Waals surface area contributed by atoms with E-state index in [-0.39, 0.29) is 11.7 Å². The lowest BCUT2D eigenvalue weighted by molar-refractivity contribution is 0.102. The van der Waals surface area contributed by atoms with Gasteiger partial charge < -0.3 is 15.8 Å². The average molecular weight is 311 g/mol.